The van der Waals surface area contributed by atoms with Crippen LogP contribution in [0.2, 0.25) is 0 Å². The van der Waals surface area contributed by atoms with Crippen LogP contribution in [0.5, 0.6) is 23.0 Å². The van der Waals surface area contributed by atoms with Crippen LogP contribution in [-0.4, -0.2) is 24.4 Å². The van der Waals surface area contributed by atoms with Gasteiger partial charge in [0.05, 0.1) is 13.2 Å². The number of fused-ring (bicyclic) bond motifs is 3. The summed E-state index contributed by atoms with van der Waals surface area (Å²) in [5.74, 6) is 2.65. The molecule has 0 spiro atoms. The summed E-state index contributed by atoms with van der Waals surface area (Å²) in [6.45, 7) is 22.3. The third kappa shape index (κ3) is 9.36. The van der Waals surface area contributed by atoms with Crippen molar-refractivity contribution in [3.8, 4) is 89.8 Å². The fourth-order valence-electron chi connectivity index (χ4n) is 9.73. The summed E-state index contributed by atoms with van der Waals surface area (Å²) < 4.78 is 21.0. The third-order valence-electron chi connectivity index (χ3n) is 13.5. The van der Waals surface area contributed by atoms with Crippen molar-refractivity contribution < 1.29 is 19.3 Å². The van der Waals surface area contributed by atoms with Crippen molar-refractivity contribution in [1.29, 1.82) is 0 Å². The second-order valence-corrected chi connectivity index (χ2v) is 19.1. The van der Waals surface area contributed by atoms with Crippen LogP contribution in [0.25, 0.3) is 66.8 Å². The van der Waals surface area contributed by atoms with Crippen LogP contribution in [0, 0.1) is 69.2 Å². The number of aromatic hydroxyl groups is 1. The van der Waals surface area contributed by atoms with Crippen molar-refractivity contribution in [3.63, 3.8) is 0 Å². The van der Waals surface area contributed by atoms with Gasteiger partial charge >= 0.3 is 0 Å². The molecule has 8 aromatic rings. The molecule has 338 valence electrons. The largest absolute Gasteiger partial charge is 0.507 e. The van der Waals surface area contributed by atoms with Crippen LogP contribution in [0.4, 0.5) is 0 Å². The van der Waals surface area contributed by atoms with Gasteiger partial charge in [0.15, 0.2) is 0 Å². The van der Waals surface area contributed by atoms with Gasteiger partial charge in [-0.1, -0.05) is 107 Å². The van der Waals surface area contributed by atoms with Crippen LogP contribution in [0.3, 0.4) is 0 Å². The van der Waals surface area contributed by atoms with Crippen LogP contribution >= 0.6 is 0 Å². The standard InChI is InChI=1S/C63H62O4/c1-37-11-15-43(7)50(27-37)47-19-21-60(54(35-47)57-32-41(5)31-56(62(57)64)52-29-39(3)13-17-45(52)9)65-25-23-49-24-26-66-61-22-20-48(51-28-38(2)12-16-44(51)8)36-55(61)59-34-42(6)33-58(63(59)67-49)53-30-40(4)14-18-46(53)10/h11-22,27-36,49,64H,23-26H2,1-10H3. The fourth-order valence-corrected chi connectivity index (χ4v) is 9.73. The number of hydrogen-bond acceptors (Lipinski definition) is 4. The Labute approximate surface area is 397 Å². The Morgan fingerprint density at radius 2 is 0.866 bits per heavy atom. The molecule has 0 fully saturated rings. The van der Waals surface area contributed by atoms with Crippen molar-refractivity contribution in [2.75, 3.05) is 13.2 Å². The third-order valence-corrected chi connectivity index (χ3v) is 13.5. The average Bonchev–Trinajstić information content (AvgIpc) is 3.37. The molecule has 8 aromatic carbocycles. The summed E-state index contributed by atoms with van der Waals surface area (Å²) in [4.78, 5) is 0. The highest BCUT2D eigenvalue weighted by atomic mass is 16.5. The smallest absolute Gasteiger partial charge is 0.135 e. The molecule has 1 aliphatic heterocycles. The van der Waals surface area contributed by atoms with Crippen LogP contribution in [-0.2, 0) is 0 Å². The van der Waals surface area contributed by atoms with Gasteiger partial charge in [-0.15, -0.1) is 0 Å². The maximum atomic E-state index is 12.3. The highest BCUT2D eigenvalue weighted by molar-refractivity contribution is 5.90. The van der Waals surface area contributed by atoms with E-state index in [1.165, 1.54) is 38.9 Å². The van der Waals surface area contributed by atoms with Gasteiger partial charge in [-0.05, 0) is 185 Å². The first kappa shape index (κ1) is 45.1. The Bertz CT molecular complexity index is 3190. The summed E-state index contributed by atoms with van der Waals surface area (Å²) in [5, 5.41) is 12.3. The summed E-state index contributed by atoms with van der Waals surface area (Å²) in [6, 6.07) is 47.9. The number of rotatable bonds is 9. The Hall–Kier alpha value is -7.04. The topological polar surface area (TPSA) is 47.9 Å². The average molecular weight is 883 g/mol. The molecule has 0 bridgehead atoms. The maximum absolute atomic E-state index is 12.3. The molecule has 1 N–H and O–H groups in total. The molecule has 67 heavy (non-hydrogen) atoms. The van der Waals surface area contributed by atoms with Gasteiger partial charge in [0.25, 0.3) is 0 Å². The molecule has 9 rings (SSSR count). The Morgan fingerprint density at radius 3 is 1.43 bits per heavy atom. The molecule has 1 atom stereocenters. The van der Waals surface area contributed by atoms with Gasteiger partial charge in [0.1, 0.15) is 29.1 Å². The van der Waals surface area contributed by atoms with Gasteiger partial charge in [0.2, 0.25) is 0 Å². The molecule has 0 saturated carbocycles. The van der Waals surface area contributed by atoms with E-state index in [4.69, 9.17) is 14.2 Å². The first-order chi connectivity index (χ1) is 32.2. The lowest BCUT2D eigenvalue weighted by molar-refractivity contribution is 0.136. The molecule has 1 aliphatic rings. The zero-order valence-corrected chi connectivity index (χ0v) is 40.8. The van der Waals surface area contributed by atoms with Crippen molar-refractivity contribution in [2.24, 2.45) is 0 Å². The fraction of sp³-hybridized carbons (Fsp3) is 0.238. The van der Waals surface area contributed by atoms with E-state index < -0.39 is 0 Å². The lowest BCUT2D eigenvalue weighted by Crippen LogP contribution is -2.23. The number of ether oxygens (including phenoxy) is 3. The van der Waals surface area contributed by atoms with Crippen molar-refractivity contribution >= 4 is 0 Å². The molecule has 4 heteroatoms. The van der Waals surface area contributed by atoms with Gasteiger partial charge < -0.3 is 19.3 Å². The lowest BCUT2D eigenvalue weighted by Gasteiger charge is -2.24. The van der Waals surface area contributed by atoms with E-state index in [-0.39, 0.29) is 11.9 Å². The van der Waals surface area contributed by atoms with Gasteiger partial charge in [-0.3, -0.25) is 0 Å². The van der Waals surface area contributed by atoms with E-state index in [1.807, 2.05) is 0 Å². The normalized spacial score (nSPS) is 13.4. The molecule has 0 aromatic heterocycles. The number of phenolic OH excluding ortho intramolecular Hbond substituents is 1. The highest BCUT2D eigenvalue weighted by Gasteiger charge is 2.26. The van der Waals surface area contributed by atoms with E-state index in [2.05, 4.69) is 203 Å². The molecule has 0 radical (unpaired) electrons. The maximum Gasteiger partial charge on any atom is 0.135 e. The summed E-state index contributed by atoms with van der Waals surface area (Å²) in [6.07, 6.45) is 1.05. The minimum atomic E-state index is -0.223. The predicted molar refractivity (Wildman–Crippen MR) is 279 cm³/mol. The molecular formula is C63H62O4. The second kappa shape index (κ2) is 18.7. The zero-order valence-electron chi connectivity index (χ0n) is 40.8. The Kier molecular flexibility index (Phi) is 12.6. The molecule has 1 unspecified atom stereocenters. The number of benzene rings is 8. The minimum Gasteiger partial charge on any atom is -0.507 e. The van der Waals surface area contributed by atoms with Crippen LogP contribution in [0.1, 0.15) is 68.5 Å². The molecule has 4 nitrogen and oxygen atoms in total. The van der Waals surface area contributed by atoms with Crippen molar-refractivity contribution in [3.05, 3.63) is 189 Å². The van der Waals surface area contributed by atoms with E-state index >= 15 is 0 Å². The van der Waals surface area contributed by atoms with Crippen LogP contribution < -0.4 is 14.2 Å². The zero-order chi connectivity index (χ0) is 47.1. The molecule has 0 saturated heterocycles. The summed E-state index contributed by atoms with van der Waals surface area (Å²) in [7, 11) is 0. The van der Waals surface area contributed by atoms with Crippen LogP contribution in [0.15, 0.2) is 133 Å². The quantitative estimate of drug-likeness (QED) is 0.157. The van der Waals surface area contributed by atoms with Crippen molar-refractivity contribution in [2.45, 2.75) is 88.2 Å². The molecule has 1 heterocycles. The second-order valence-electron chi connectivity index (χ2n) is 19.1. The molecule has 0 aliphatic carbocycles. The Balaban J connectivity index is 1.11. The Morgan fingerprint density at radius 1 is 0.433 bits per heavy atom. The minimum absolute atomic E-state index is 0.223. The number of aryl methyl sites for hydroxylation is 10. The van der Waals surface area contributed by atoms with E-state index in [1.54, 1.807) is 0 Å². The first-order valence-electron chi connectivity index (χ1n) is 23.7. The number of hydrogen-bond donors (Lipinski definition) is 1. The van der Waals surface area contributed by atoms with Gasteiger partial charge in [-0.2, -0.15) is 0 Å². The molecule has 0 amide bonds. The highest BCUT2D eigenvalue weighted by Crippen LogP contribution is 2.48. The summed E-state index contributed by atoms with van der Waals surface area (Å²) >= 11 is 0. The van der Waals surface area contributed by atoms with Gasteiger partial charge in [-0.25, -0.2) is 0 Å². The van der Waals surface area contributed by atoms with Crippen molar-refractivity contribution in [1.82, 2.24) is 0 Å². The summed E-state index contributed by atoms with van der Waals surface area (Å²) in [5.41, 5.74) is 24.0. The lowest BCUT2D eigenvalue weighted by atomic mass is 9.90. The van der Waals surface area contributed by atoms with E-state index in [0.29, 0.717) is 31.8 Å². The van der Waals surface area contributed by atoms with Gasteiger partial charge in [0, 0.05) is 46.2 Å². The van der Waals surface area contributed by atoms with E-state index in [9.17, 15) is 5.11 Å². The number of phenols is 1. The monoisotopic (exact) mass is 882 g/mol. The first-order valence-corrected chi connectivity index (χ1v) is 23.7. The SMILES string of the molecule is Cc1ccc(C)c(-c2ccc(OCCC3CCOc4ccc(-c5cc(C)ccc5C)cc4-c4cc(C)cc(-c5cc(C)ccc5C)c4O3)c(-c3cc(C)cc(-c4cc(C)ccc4C)c3O)c2)c1. The van der Waals surface area contributed by atoms with E-state index in [0.717, 1.165) is 95.0 Å². The molecular weight excluding hydrogens is 821 g/mol. The predicted octanol–water partition coefficient (Wildman–Crippen LogP) is 16.5.